The topological polar surface area (TPSA) is 141 Å². The number of carbonyl (C=O) groups is 2. The molecule has 9 heteroatoms. The number of benzene rings is 2. The van der Waals surface area contributed by atoms with Crippen LogP contribution < -0.4 is 5.32 Å². The molecule has 172 valence electrons. The summed E-state index contributed by atoms with van der Waals surface area (Å²) in [5, 5.41) is 29.6. The van der Waals surface area contributed by atoms with E-state index in [9.17, 15) is 14.7 Å². The lowest BCUT2D eigenvalue weighted by molar-refractivity contribution is -0.147. The first-order chi connectivity index (χ1) is 16.5. The zero-order valence-corrected chi connectivity index (χ0v) is 18.1. The maximum absolute atomic E-state index is 12.8. The molecule has 0 fully saturated rings. The molecule has 2 aromatic carbocycles. The summed E-state index contributed by atoms with van der Waals surface area (Å²) in [4.78, 5) is 31.0. The van der Waals surface area contributed by atoms with Crippen LogP contribution in [0.2, 0.25) is 0 Å². The molecule has 2 heterocycles. The van der Waals surface area contributed by atoms with Crippen molar-refractivity contribution in [2.24, 2.45) is 0 Å². The number of pyridine rings is 1. The molecule has 1 unspecified atom stereocenters. The van der Waals surface area contributed by atoms with Gasteiger partial charge >= 0.3 is 5.97 Å². The van der Waals surface area contributed by atoms with E-state index in [1.165, 1.54) is 0 Å². The van der Waals surface area contributed by atoms with E-state index in [0.717, 1.165) is 16.7 Å². The number of carboxylic acid groups (broad SMARTS) is 1. The second-order valence-corrected chi connectivity index (χ2v) is 7.76. The molecule has 9 nitrogen and oxygen atoms in total. The molecule has 1 amide bonds. The number of hydrogen-bond acceptors (Lipinski definition) is 6. The SMILES string of the molecule is O=C(NC(Cc1ccc(-c2ccccc2)cc1)C[C@@H](O)C(=O)O)c1nnc(-c2ccccn2)[nH]1. The molecule has 0 bridgehead atoms. The van der Waals surface area contributed by atoms with Crippen LogP contribution in [0.1, 0.15) is 22.6 Å². The highest BCUT2D eigenvalue weighted by molar-refractivity contribution is 5.91. The number of aromatic nitrogens is 4. The van der Waals surface area contributed by atoms with E-state index in [-0.39, 0.29) is 12.2 Å². The Labute approximate surface area is 195 Å². The summed E-state index contributed by atoms with van der Waals surface area (Å²) in [5.41, 5.74) is 3.54. The Morgan fingerprint density at radius 3 is 2.29 bits per heavy atom. The predicted molar refractivity (Wildman–Crippen MR) is 125 cm³/mol. The third-order valence-electron chi connectivity index (χ3n) is 5.28. The fraction of sp³-hybridized carbons (Fsp3) is 0.160. The highest BCUT2D eigenvalue weighted by Gasteiger charge is 2.24. The number of nitrogens with one attached hydrogen (secondary N) is 2. The van der Waals surface area contributed by atoms with Crippen LogP contribution in [0.15, 0.2) is 79.0 Å². The van der Waals surface area contributed by atoms with Gasteiger partial charge in [-0.05, 0) is 35.2 Å². The molecule has 2 aromatic heterocycles. The van der Waals surface area contributed by atoms with Crippen molar-refractivity contribution >= 4 is 11.9 Å². The van der Waals surface area contributed by atoms with Gasteiger partial charge in [0.25, 0.3) is 5.91 Å². The zero-order valence-electron chi connectivity index (χ0n) is 18.1. The van der Waals surface area contributed by atoms with E-state index in [4.69, 9.17) is 5.11 Å². The third-order valence-corrected chi connectivity index (χ3v) is 5.28. The first-order valence-electron chi connectivity index (χ1n) is 10.7. The molecule has 4 rings (SSSR count). The van der Waals surface area contributed by atoms with Crippen molar-refractivity contribution < 1.29 is 19.8 Å². The van der Waals surface area contributed by atoms with E-state index >= 15 is 0 Å². The average Bonchev–Trinajstić information content (AvgIpc) is 3.36. The van der Waals surface area contributed by atoms with Crippen molar-refractivity contribution in [1.29, 1.82) is 0 Å². The van der Waals surface area contributed by atoms with Gasteiger partial charge in [0.1, 0.15) is 5.69 Å². The van der Waals surface area contributed by atoms with E-state index in [2.05, 4.69) is 25.5 Å². The number of aliphatic hydroxyl groups is 1. The first-order valence-corrected chi connectivity index (χ1v) is 10.7. The van der Waals surface area contributed by atoms with Crippen LogP contribution in [-0.2, 0) is 11.2 Å². The fourth-order valence-electron chi connectivity index (χ4n) is 3.55. The molecular formula is C25H23N5O4. The Morgan fingerprint density at radius 1 is 0.912 bits per heavy atom. The number of aromatic amines is 1. The van der Waals surface area contributed by atoms with Crippen LogP contribution in [-0.4, -0.2) is 54.4 Å². The Morgan fingerprint density at radius 2 is 1.62 bits per heavy atom. The van der Waals surface area contributed by atoms with Gasteiger partial charge in [0.15, 0.2) is 11.9 Å². The summed E-state index contributed by atoms with van der Waals surface area (Å²) >= 11 is 0. The summed E-state index contributed by atoms with van der Waals surface area (Å²) in [5.74, 6) is -1.60. The number of H-pyrrole nitrogens is 1. The average molecular weight is 457 g/mol. The van der Waals surface area contributed by atoms with E-state index in [0.29, 0.717) is 17.9 Å². The van der Waals surface area contributed by atoms with Gasteiger partial charge < -0.3 is 20.5 Å². The van der Waals surface area contributed by atoms with Gasteiger partial charge in [0, 0.05) is 18.7 Å². The summed E-state index contributed by atoms with van der Waals surface area (Å²) in [7, 11) is 0. The van der Waals surface area contributed by atoms with Crippen LogP contribution >= 0.6 is 0 Å². The Kier molecular flexibility index (Phi) is 7.04. The normalized spacial score (nSPS) is 12.6. The highest BCUT2D eigenvalue weighted by Crippen LogP contribution is 2.20. The van der Waals surface area contributed by atoms with Crippen molar-refractivity contribution in [2.75, 3.05) is 0 Å². The predicted octanol–water partition coefficient (Wildman–Crippen LogP) is 2.71. The third kappa shape index (κ3) is 5.70. The summed E-state index contributed by atoms with van der Waals surface area (Å²) in [6.07, 6.45) is 0.145. The highest BCUT2D eigenvalue weighted by atomic mass is 16.4. The molecule has 2 atom stereocenters. The number of rotatable bonds is 9. The lowest BCUT2D eigenvalue weighted by atomic mass is 9.98. The number of aliphatic hydroxyl groups excluding tert-OH is 1. The van der Waals surface area contributed by atoms with Gasteiger partial charge in [0.2, 0.25) is 5.82 Å². The second kappa shape index (κ2) is 10.5. The first kappa shape index (κ1) is 22.8. The minimum atomic E-state index is -1.62. The quantitative estimate of drug-likeness (QED) is 0.303. The molecule has 34 heavy (non-hydrogen) atoms. The number of aliphatic carboxylic acids is 1. The van der Waals surface area contributed by atoms with Crippen molar-refractivity contribution in [3.05, 3.63) is 90.4 Å². The largest absolute Gasteiger partial charge is 0.479 e. The van der Waals surface area contributed by atoms with Crippen molar-refractivity contribution in [3.63, 3.8) is 0 Å². The Bertz CT molecular complexity index is 1240. The minimum Gasteiger partial charge on any atom is -0.479 e. The van der Waals surface area contributed by atoms with Crippen LogP contribution in [0.25, 0.3) is 22.6 Å². The molecular weight excluding hydrogens is 434 g/mol. The van der Waals surface area contributed by atoms with Gasteiger partial charge in [-0.15, -0.1) is 10.2 Å². The summed E-state index contributed by atoms with van der Waals surface area (Å²) in [6.45, 7) is 0. The monoisotopic (exact) mass is 457 g/mol. The van der Waals surface area contributed by atoms with Crippen LogP contribution in [0.3, 0.4) is 0 Å². The van der Waals surface area contributed by atoms with Gasteiger partial charge in [-0.1, -0.05) is 60.7 Å². The van der Waals surface area contributed by atoms with Gasteiger partial charge in [-0.3, -0.25) is 9.78 Å². The standard InChI is InChI=1S/C25H23N5O4/c31-21(25(33)34)15-19(14-16-9-11-18(12-10-16)17-6-2-1-3-7-17)27-24(32)23-28-22(29-30-23)20-8-4-5-13-26-20/h1-13,19,21,31H,14-15H2,(H,27,32)(H,33,34)(H,28,29,30)/t19?,21-/m1/s1. The number of nitrogens with zero attached hydrogens (tertiary/aromatic N) is 3. The van der Waals surface area contributed by atoms with Crippen LogP contribution in [0.5, 0.6) is 0 Å². The summed E-state index contributed by atoms with van der Waals surface area (Å²) < 4.78 is 0. The van der Waals surface area contributed by atoms with Crippen LogP contribution in [0.4, 0.5) is 0 Å². The number of carboxylic acids is 1. The molecule has 0 radical (unpaired) electrons. The van der Waals surface area contributed by atoms with E-state index < -0.39 is 24.0 Å². The lowest BCUT2D eigenvalue weighted by Gasteiger charge is -2.20. The zero-order chi connectivity index (χ0) is 23.9. The lowest BCUT2D eigenvalue weighted by Crippen LogP contribution is -2.41. The van der Waals surface area contributed by atoms with Gasteiger partial charge in [-0.25, -0.2) is 4.79 Å². The number of hydrogen-bond donors (Lipinski definition) is 4. The van der Waals surface area contributed by atoms with E-state index in [1.807, 2.05) is 54.6 Å². The minimum absolute atomic E-state index is 0.0325. The Balaban J connectivity index is 1.48. The summed E-state index contributed by atoms with van der Waals surface area (Å²) in [6, 6.07) is 22.3. The fourth-order valence-corrected chi connectivity index (χ4v) is 3.55. The van der Waals surface area contributed by atoms with Crippen molar-refractivity contribution in [3.8, 4) is 22.6 Å². The van der Waals surface area contributed by atoms with Gasteiger partial charge in [-0.2, -0.15) is 0 Å². The maximum Gasteiger partial charge on any atom is 0.332 e. The molecule has 0 aliphatic rings. The molecule has 0 spiro atoms. The molecule has 4 aromatic rings. The second-order valence-electron chi connectivity index (χ2n) is 7.76. The van der Waals surface area contributed by atoms with Crippen molar-refractivity contribution in [1.82, 2.24) is 25.5 Å². The molecule has 0 aliphatic carbocycles. The molecule has 0 aliphatic heterocycles. The number of carbonyl (C=O) groups excluding carboxylic acids is 1. The van der Waals surface area contributed by atoms with Crippen molar-refractivity contribution in [2.45, 2.75) is 25.0 Å². The molecule has 4 N–H and O–H groups in total. The van der Waals surface area contributed by atoms with Crippen LogP contribution in [0, 0.1) is 0 Å². The Hall–Kier alpha value is -4.37. The number of amides is 1. The molecule has 0 saturated carbocycles. The van der Waals surface area contributed by atoms with E-state index in [1.54, 1.807) is 24.4 Å². The molecule has 0 saturated heterocycles. The smallest absolute Gasteiger partial charge is 0.332 e. The maximum atomic E-state index is 12.8. The van der Waals surface area contributed by atoms with Gasteiger partial charge in [0.05, 0.1) is 0 Å².